The predicted octanol–water partition coefficient (Wildman–Crippen LogP) is 2.43. The molecule has 0 N–H and O–H groups in total. The van der Waals surface area contributed by atoms with Crippen molar-refractivity contribution >= 4 is 15.9 Å². The molecule has 2 aromatic rings. The summed E-state index contributed by atoms with van der Waals surface area (Å²) in [6.45, 7) is 0.203. The van der Waals surface area contributed by atoms with Crippen LogP contribution in [0.25, 0.3) is 0 Å². The molecule has 0 unspecified atom stereocenters. The summed E-state index contributed by atoms with van der Waals surface area (Å²) in [5.41, 5.74) is 1.44. The monoisotopic (exact) mass is 299 g/mol. The molecule has 0 aliphatic heterocycles. The fraction of sp³-hybridized carbons (Fsp3) is 0.273. The van der Waals surface area contributed by atoms with Crippen LogP contribution in [0.2, 0.25) is 0 Å². The van der Waals surface area contributed by atoms with E-state index < -0.39 is 0 Å². The SMILES string of the molecule is Cn1cc(COc2c(F)cccc2CBr)nn1. The lowest BCUT2D eigenvalue weighted by Crippen LogP contribution is -2.00. The Morgan fingerprint density at radius 1 is 1.47 bits per heavy atom. The lowest BCUT2D eigenvalue weighted by atomic mass is 10.2. The normalized spacial score (nSPS) is 10.5. The highest BCUT2D eigenvalue weighted by molar-refractivity contribution is 9.08. The van der Waals surface area contributed by atoms with Gasteiger partial charge in [-0.25, -0.2) is 4.39 Å². The quantitative estimate of drug-likeness (QED) is 0.814. The van der Waals surface area contributed by atoms with E-state index in [0.717, 1.165) is 5.56 Å². The number of hydrogen-bond donors (Lipinski definition) is 0. The van der Waals surface area contributed by atoms with Crippen molar-refractivity contribution in [1.82, 2.24) is 15.0 Å². The number of halogens is 2. The van der Waals surface area contributed by atoms with E-state index in [4.69, 9.17) is 4.74 Å². The Hall–Kier alpha value is -1.43. The maximum Gasteiger partial charge on any atom is 0.165 e. The molecule has 6 heteroatoms. The van der Waals surface area contributed by atoms with Gasteiger partial charge in [0.25, 0.3) is 0 Å². The van der Waals surface area contributed by atoms with Crippen molar-refractivity contribution in [1.29, 1.82) is 0 Å². The number of aromatic nitrogens is 3. The van der Waals surface area contributed by atoms with Crippen LogP contribution in [-0.4, -0.2) is 15.0 Å². The minimum atomic E-state index is -0.370. The molecule has 1 aromatic carbocycles. The van der Waals surface area contributed by atoms with E-state index >= 15 is 0 Å². The van der Waals surface area contributed by atoms with Gasteiger partial charge in [-0.3, -0.25) is 4.68 Å². The van der Waals surface area contributed by atoms with Crippen molar-refractivity contribution in [3.63, 3.8) is 0 Å². The van der Waals surface area contributed by atoms with Gasteiger partial charge in [0.15, 0.2) is 11.6 Å². The van der Waals surface area contributed by atoms with Crippen molar-refractivity contribution in [2.45, 2.75) is 11.9 Å². The first-order valence-corrected chi connectivity index (χ1v) is 6.14. The fourth-order valence-electron chi connectivity index (χ4n) is 1.43. The smallest absolute Gasteiger partial charge is 0.165 e. The first-order chi connectivity index (χ1) is 8.20. The molecule has 0 saturated heterocycles. The Labute approximate surface area is 107 Å². The van der Waals surface area contributed by atoms with E-state index in [1.807, 2.05) is 6.07 Å². The maximum absolute atomic E-state index is 13.6. The molecule has 90 valence electrons. The summed E-state index contributed by atoms with van der Waals surface area (Å²) in [5.74, 6) is -0.110. The van der Waals surface area contributed by atoms with Crippen molar-refractivity contribution in [3.05, 3.63) is 41.5 Å². The van der Waals surface area contributed by atoms with Gasteiger partial charge in [-0.2, -0.15) is 0 Å². The van der Waals surface area contributed by atoms with Crippen LogP contribution in [0.1, 0.15) is 11.3 Å². The minimum absolute atomic E-state index is 0.203. The Morgan fingerprint density at radius 2 is 2.29 bits per heavy atom. The Kier molecular flexibility index (Phi) is 3.73. The highest BCUT2D eigenvalue weighted by Gasteiger charge is 2.09. The highest BCUT2D eigenvalue weighted by Crippen LogP contribution is 2.25. The van der Waals surface area contributed by atoms with Gasteiger partial charge in [0.05, 0.1) is 6.20 Å². The summed E-state index contributed by atoms with van der Waals surface area (Å²) in [6.07, 6.45) is 1.73. The first kappa shape index (κ1) is 12.0. The Balaban J connectivity index is 2.13. The van der Waals surface area contributed by atoms with Gasteiger partial charge in [0.1, 0.15) is 12.3 Å². The zero-order chi connectivity index (χ0) is 12.3. The van der Waals surface area contributed by atoms with Crippen LogP contribution in [0.4, 0.5) is 4.39 Å². The maximum atomic E-state index is 13.6. The van der Waals surface area contributed by atoms with E-state index in [2.05, 4.69) is 26.2 Å². The third-order valence-corrected chi connectivity index (χ3v) is 2.81. The van der Waals surface area contributed by atoms with Gasteiger partial charge >= 0.3 is 0 Å². The number of ether oxygens (including phenoxy) is 1. The Morgan fingerprint density at radius 3 is 2.94 bits per heavy atom. The number of hydrogen-bond acceptors (Lipinski definition) is 3. The van der Waals surface area contributed by atoms with E-state index in [1.54, 1.807) is 24.0 Å². The zero-order valence-corrected chi connectivity index (χ0v) is 10.8. The topological polar surface area (TPSA) is 39.9 Å². The van der Waals surface area contributed by atoms with E-state index in [9.17, 15) is 4.39 Å². The lowest BCUT2D eigenvalue weighted by Gasteiger charge is -2.09. The molecule has 0 radical (unpaired) electrons. The zero-order valence-electron chi connectivity index (χ0n) is 9.23. The van der Waals surface area contributed by atoms with Crippen LogP contribution >= 0.6 is 15.9 Å². The van der Waals surface area contributed by atoms with E-state index in [-0.39, 0.29) is 18.2 Å². The highest BCUT2D eigenvalue weighted by atomic mass is 79.9. The number of aryl methyl sites for hydroxylation is 1. The molecular formula is C11H11BrFN3O. The van der Waals surface area contributed by atoms with Crippen molar-refractivity contribution in [2.24, 2.45) is 7.05 Å². The number of para-hydroxylation sites is 1. The molecule has 0 aliphatic rings. The molecule has 0 amide bonds. The largest absolute Gasteiger partial charge is 0.484 e. The molecule has 0 spiro atoms. The molecule has 4 nitrogen and oxygen atoms in total. The van der Waals surface area contributed by atoms with Crippen LogP contribution in [0, 0.1) is 5.82 Å². The molecule has 0 fully saturated rings. The number of alkyl halides is 1. The second-order valence-electron chi connectivity index (χ2n) is 3.53. The summed E-state index contributed by atoms with van der Waals surface area (Å²) in [4.78, 5) is 0. The average molecular weight is 300 g/mol. The second-order valence-corrected chi connectivity index (χ2v) is 4.09. The summed E-state index contributed by atoms with van der Waals surface area (Å²) >= 11 is 3.29. The van der Waals surface area contributed by atoms with Gasteiger partial charge < -0.3 is 4.74 Å². The van der Waals surface area contributed by atoms with Gasteiger partial charge in [-0.1, -0.05) is 33.3 Å². The van der Waals surface area contributed by atoms with Crippen molar-refractivity contribution in [2.75, 3.05) is 0 Å². The molecule has 1 aromatic heterocycles. The third kappa shape index (κ3) is 2.82. The summed E-state index contributed by atoms with van der Waals surface area (Å²) < 4.78 is 20.6. The second kappa shape index (κ2) is 5.27. The predicted molar refractivity (Wildman–Crippen MR) is 64.4 cm³/mol. The van der Waals surface area contributed by atoms with Crippen molar-refractivity contribution < 1.29 is 9.13 Å². The van der Waals surface area contributed by atoms with Crippen LogP contribution in [0.15, 0.2) is 24.4 Å². The van der Waals surface area contributed by atoms with Crippen molar-refractivity contribution in [3.8, 4) is 5.75 Å². The molecule has 1 heterocycles. The molecule has 0 atom stereocenters. The van der Waals surface area contributed by atoms with Gasteiger partial charge in [-0.05, 0) is 6.07 Å². The van der Waals surface area contributed by atoms with Crippen LogP contribution < -0.4 is 4.74 Å². The summed E-state index contributed by atoms with van der Waals surface area (Å²) in [7, 11) is 1.77. The molecule has 17 heavy (non-hydrogen) atoms. The fourth-order valence-corrected chi connectivity index (χ4v) is 1.87. The molecule has 0 saturated carbocycles. The van der Waals surface area contributed by atoms with Gasteiger partial charge in [0.2, 0.25) is 0 Å². The standard InChI is InChI=1S/C11H11BrFN3O/c1-16-6-9(14-15-16)7-17-11-8(5-12)3-2-4-10(11)13/h2-4,6H,5,7H2,1H3. The number of benzene rings is 1. The first-order valence-electron chi connectivity index (χ1n) is 5.02. The Bertz CT molecular complexity index is 515. The van der Waals surface area contributed by atoms with Gasteiger partial charge in [0, 0.05) is 17.9 Å². The number of nitrogens with zero attached hydrogens (tertiary/aromatic N) is 3. The van der Waals surface area contributed by atoms with E-state index in [1.165, 1.54) is 6.07 Å². The molecular weight excluding hydrogens is 289 g/mol. The van der Waals surface area contributed by atoms with Crippen LogP contribution in [-0.2, 0) is 19.0 Å². The molecule has 0 bridgehead atoms. The van der Waals surface area contributed by atoms with Gasteiger partial charge in [-0.15, -0.1) is 5.10 Å². The minimum Gasteiger partial charge on any atom is -0.484 e. The number of rotatable bonds is 4. The summed E-state index contributed by atoms with van der Waals surface area (Å²) in [5, 5.41) is 8.19. The van der Waals surface area contributed by atoms with E-state index in [0.29, 0.717) is 11.0 Å². The van der Waals surface area contributed by atoms with Crippen LogP contribution in [0.5, 0.6) is 5.75 Å². The third-order valence-electron chi connectivity index (χ3n) is 2.21. The molecule has 0 aliphatic carbocycles. The molecule has 2 rings (SSSR count). The van der Waals surface area contributed by atoms with Crippen LogP contribution in [0.3, 0.4) is 0 Å². The lowest BCUT2D eigenvalue weighted by molar-refractivity contribution is 0.283. The average Bonchev–Trinajstić information content (AvgIpc) is 2.73. The summed E-state index contributed by atoms with van der Waals surface area (Å²) in [6, 6.07) is 4.84.